The Hall–Kier alpha value is -1.40. The average Bonchev–Trinajstić information content (AvgIpc) is 2.29. The molecule has 0 aliphatic rings. The van der Waals surface area contributed by atoms with Crippen LogP contribution in [-0.2, 0) is 4.79 Å². The van der Waals surface area contributed by atoms with Gasteiger partial charge in [0.15, 0.2) is 0 Å². The van der Waals surface area contributed by atoms with Crippen LogP contribution in [0.1, 0.15) is 16.8 Å². The summed E-state index contributed by atoms with van der Waals surface area (Å²) in [6, 6.07) is 6.99. The number of halogens is 1. The fourth-order valence-electron chi connectivity index (χ4n) is 1.09. The zero-order valence-corrected chi connectivity index (χ0v) is 9.95. The second kappa shape index (κ2) is 6.24. The number of nitrogens with one attached hydrogen (secondary N) is 2. The Balaban J connectivity index is 2.47. The first-order valence-corrected chi connectivity index (χ1v) is 5.40. The van der Waals surface area contributed by atoms with E-state index in [1.807, 2.05) is 0 Å². The fraction of sp³-hybridized carbons (Fsp3) is 0.200. The van der Waals surface area contributed by atoms with E-state index in [0.717, 1.165) is 0 Å². The van der Waals surface area contributed by atoms with Crippen LogP contribution < -0.4 is 10.8 Å². The van der Waals surface area contributed by atoms with Crippen molar-refractivity contribution < 1.29 is 14.8 Å². The number of hydrogen-bond acceptors (Lipinski definition) is 3. The lowest BCUT2D eigenvalue weighted by molar-refractivity contribution is -0.129. The van der Waals surface area contributed by atoms with Crippen molar-refractivity contribution in [3.63, 3.8) is 0 Å². The number of amides is 2. The number of benzene rings is 1. The highest BCUT2D eigenvalue weighted by molar-refractivity contribution is 9.10. The summed E-state index contributed by atoms with van der Waals surface area (Å²) in [5, 5.41) is 10.8. The van der Waals surface area contributed by atoms with Gasteiger partial charge in [0.2, 0.25) is 5.91 Å². The predicted molar refractivity (Wildman–Crippen MR) is 61.0 cm³/mol. The first-order chi connectivity index (χ1) is 7.65. The molecular weight excluding hydrogens is 276 g/mol. The van der Waals surface area contributed by atoms with Crippen LogP contribution in [0.5, 0.6) is 0 Å². The standard InChI is InChI=1S/C10H11BrN2O3/c11-8-4-2-1-3-7(8)10(15)12-6-5-9(14)13-16/h1-4,16H,5-6H2,(H,12,15)(H,13,14). The Bertz CT molecular complexity index is 395. The van der Waals surface area contributed by atoms with Gasteiger partial charge in [0.25, 0.3) is 5.91 Å². The van der Waals surface area contributed by atoms with Gasteiger partial charge in [-0.3, -0.25) is 14.8 Å². The third-order valence-electron chi connectivity index (χ3n) is 1.88. The summed E-state index contributed by atoms with van der Waals surface area (Å²) in [5.74, 6) is -0.800. The molecule has 0 saturated carbocycles. The molecule has 5 nitrogen and oxygen atoms in total. The molecule has 0 heterocycles. The van der Waals surface area contributed by atoms with Gasteiger partial charge in [0.1, 0.15) is 0 Å². The van der Waals surface area contributed by atoms with Crippen LogP contribution in [0, 0.1) is 0 Å². The Morgan fingerprint density at radius 3 is 2.62 bits per heavy atom. The van der Waals surface area contributed by atoms with Gasteiger partial charge in [-0.2, -0.15) is 0 Å². The Kier molecular flexibility index (Phi) is 4.94. The van der Waals surface area contributed by atoms with Crippen molar-refractivity contribution in [1.82, 2.24) is 10.8 Å². The van der Waals surface area contributed by atoms with E-state index in [4.69, 9.17) is 5.21 Å². The van der Waals surface area contributed by atoms with Crippen LogP contribution in [0.4, 0.5) is 0 Å². The van der Waals surface area contributed by atoms with Crippen LogP contribution in [0.3, 0.4) is 0 Å². The minimum absolute atomic E-state index is 0.0344. The molecular formula is C10H11BrN2O3. The topological polar surface area (TPSA) is 78.4 Å². The first kappa shape index (κ1) is 12.7. The molecule has 86 valence electrons. The van der Waals surface area contributed by atoms with E-state index < -0.39 is 5.91 Å². The van der Waals surface area contributed by atoms with E-state index in [0.29, 0.717) is 10.0 Å². The van der Waals surface area contributed by atoms with Crippen LogP contribution in [0.15, 0.2) is 28.7 Å². The molecule has 0 fully saturated rings. The lowest BCUT2D eigenvalue weighted by Gasteiger charge is -2.05. The van der Waals surface area contributed by atoms with Gasteiger partial charge in [0, 0.05) is 17.4 Å². The van der Waals surface area contributed by atoms with Gasteiger partial charge in [-0.05, 0) is 28.1 Å². The van der Waals surface area contributed by atoms with Crippen LogP contribution in [0.25, 0.3) is 0 Å². The van der Waals surface area contributed by atoms with Gasteiger partial charge in [0.05, 0.1) is 5.56 Å². The van der Waals surface area contributed by atoms with Gasteiger partial charge in [-0.25, -0.2) is 5.48 Å². The molecule has 0 aliphatic heterocycles. The maximum atomic E-state index is 11.6. The smallest absolute Gasteiger partial charge is 0.252 e. The lowest BCUT2D eigenvalue weighted by atomic mass is 10.2. The molecule has 0 aromatic heterocycles. The predicted octanol–water partition coefficient (Wildman–Crippen LogP) is 1.07. The third kappa shape index (κ3) is 3.63. The van der Waals surface area contributed by atoms with E-state index in [1.54, 1.807) is 24.3 Å². The van der Waals surface area contributed by atoms with Crippen LogP contribution in [0.2, 0.25) is 0 Å². The van der Waals surface area contributed by atoms with Crippen molar-refractivity contribution in [2.45, 2.75) is 6.42 Å². The molecule has 0 unspecified atom stereocenters. The van der Waals surface area contributed by atoms with E-state index in [1.165, 1.54) is 5.48 Å². The number of hydrogen-bond donors (Lipinski definition) is 3. The highest BCUT2D eigenvalue weighted by Gasteiger charge is 2.08. The number of carbonyl (C=O) groups is 2. The summed E-state index contributed by atoms with van der Waals surface area (Å²) in [4.78, 5) is 22.3. The monoisotopic (exact) mass is 286 g/mol. The molecule has 0 spiro atoms. The van der Waals surface area contributed by atoms with Gasteiger partial charge < -0.3 is 5.32 Å². The van der Waals surface area contributed by atoms with Crippen LogP contribution >= 0.6 is 15.9 Å². The molecule has 2 amide bonds. The van der Waals surface area contributed by atoms with E-state index in [9.17, 15) is 9.59 Å². The van der Waals surface area contributed by atoms with E-state index >= 15 is 0 Å². The van der Waals surface area contributed by atoms with Crippen molar-refractivity contribution in [2.24, 2.45) is 0 Å². The minimum atomic E-state index is -0.535. The molecule has 1 aromatic carbocycles. The van der Waals surface area contributed by atoms with Gasteiger partial charge in [-0.15, -0.1) is 0 Å². The summed E-state index contributed by atoms with van der Waals surface area (Å²) in [6.45, 7) is 0.173. The molecule has 0 bridgehead atoms. The molecule has 16 heavy (non-hydrogen) atoms. The summed E-state index contributed by atoms with van der Waals surface area (Å²) in [5.41, 5.74) is 2.00. The van der Waals surface area contributed by atoms with Gasteiger partial charge >= 0.3 is 0 Å². The number of carbonyl (C=O) groups excluding carboxylic acids is 2. The molecule has 0 radical (unpaired) electrons. The number of rotatable bonds is 4. The normalized spacial score (nSPS) is 9.62. The quantitative estimate of drug-likeness (QED) is 0.572. The van der Waals surface area contributed by atoms with E-state index in [2.05, 4.69) is 21.2 Å². The van der Waals surface area contributed by atoms with Crippen molar-refractivity contribution >= 4 is 27.7 Å². The third-order valence-corrected chi connectivity index (χ3v) is 2.57. The number of hydroxylamine groups is 1. The summed E-state index contributed by atoms with van der Waals surface area (Å²) < 4.78 is 0.694. The highest BCUT2D eigenvalue weighted by atomic mass is 79.9. The molecule has 1 aromatic rings. The largest absolute Gasteiger partial charge is 0.351 e. The minimum Gasteiger partial charge on any atom is -0.351 e. The molecule has 0 aliphatic carbocycles. The SMILES string of the molecule is O=C(CCNC(=O)c1ccccc1Br)NO. The maximum Gasteiger partial charge on any atom is 0.252 e. The van der Waals surface area contributed by atoms with Crippen molar-refractivity contribution in [1.29, 1.82) is 0 Å². The Morgan fingerprint density at radius 2 is 2.00 bits per heavy atom. The van der Waals surface area contributed by atoms with Gasteiger partial charge in [-0.1, -0.05) is 12.1 Å². The zero-order chi connectivity index (χ0) is 12.0. The first-order valence-electron chi connectivity index (χ1n) is 4.61. The average molecular weight is 287 g/mol. The molecule has 6 heteroatoms. The van der Waals surface area contributed by atoms with E-state index in [-0.39, 0.29) is 18.9 Å². The summed E-state index contributed by atoms with van der Waals surface area (Å²) >= 11 is 3.25. The second-order valence-electron chi connectivity index (χ2n) is 3.02. The lowest BCUT2D eigenvalue weighted by Crippen LogP contribution is -2.29. The molecule has 0 saturated heterocycles. The summed E-state index contributed by atoms with van der Waals surface area (Å²) in [7, 11) is 0. The van der Waals surface area contributed by atoms with Crippen molar-refractivity contribution in [3.8, 4) is 0 Å². The second-order valence-corrected chi connectivity index (χ2v) is 3.88. The Labute approximate surface area is 101 Å². The maximum absolute atomic E-state index is 11.6. The highest BCUT2D eigenvalue weighted by Crippen LogP contribution is 2.15. The van der Waals surface area contributed by atoms with Crippen molar-refractivity contribution in [2.75, 3.05) is 6.54 Å². The van der Waals surface area contributed by atoms with Crippen LogP contribution in [-0.4, -0.2) is 23.6 Å². The zero-order valence-electron chi connectivity index (χ0n) is 8.37. The van der Waals surface area contributed by atoms with Crippen molar-refractivity contribution in [3.05, 3.63) is 34.3 Å². The molecule has 1 rings (SSSR count). The molecule has 0 atom stereocenters. The Morgan fingerprint density at radius 1 is 1.31 bits per heavy atom. The fourth-order valence-corrected chi connectivity index (χ4v) is 1.55. The summed E-state index contributed by atoms with van der Waals surface area (Å²) in [6.07, 6.45) is 0.0344. The molecule has 3 N–H and O–H groups in total.